The molecule has 2 aromatic carbocycles. The van der Waals surface area contributed by atoms with Crippen molar-refractivity contribution in [2.75, 3.05) is 13.2 Å². The van der Waals surface area contributed by atoms with Crippen molar-refractivity contribution in [3.05, 3.63) is 65.9 Å². The number of benzene rings is 2. The van der Waals surface area contributed by atoms with Crippen LogP contribution >= 0.6 is 0 Å². The van der Waals surface area contributed by atoms with Gasteiger partial charge in [-0.15, -0.1) is 0 Å². The maximum Gasteiger partial charge on any atom is 0.224 e. The second-order valence-corrected chi connectivity index (χ2v) is 6.31. The van der Waals surface area contributed by atoms with E-state index in [0.29, 0.717) is 19.6 Å². The Morgan fingerprint density at radius 3 is 2.92 bits per heavy atom. The van der Waals surface area contributed by atoms with Crippen molar-refractivity contribution >= 4 is 16.8 Å². The molecule has 0 radical (unpaired) electrons. The average Bonchev–Trinajstić information content (AvgIpc) is 3.15. The molecule has 3 aromatic rings. The van der Waals surface area contributed by atoms with Gasteiger partial charge in [-0.2, -0.15) is 0 Å². The Morgan fingerprint density at radius 2 is 2.00 bits per heavy atom. The molecule has 2 heterocycles. The summed E-state index contributed by atoms with van der Waals surface area (Å²) in [6.45, 7) is 1.24. The molecular weight excluding hydrogens is 300 g/mol. The summed E-state index contributed by atoms with van der Waals surface area (Å²) in [5.41, 5.74) is 3.40. The first kappa shape index (κ1) is 14.8. The minimum Gasteiger partial charge on any atom is -0.493 e. The van der Waals surface area contributed by atoms with Gasteiger partial charge in [-0.05, 0) is 17.7 Å². The van der Waals surface area contributed by atoms with E-state index in [2.05, 4.69) is 28.1 Å². The van der Waals surface area contributed by atoms with Gasteiger partial charge < -0.3 is 14.6 Å². The van der Waals surface area contributed by atoms with Gasteiger partial charge in [0.2, 0.25) is 5.91 Å². The maximum absolute atomic E-state index is 12.4. The van der Waals surface area contributed by atoms with E-state index in [9.17, 15) is 4.79 Å². The van der Waals surface area contributed by atoms with Crippen molar-refractivity contribution in [2.45, 2.75) is 12.3 Å². The maximum atomic E-state index is 12.4. The number of carbonyl (C=O) groups is 1. The number of fused-ring (bicyclic) bond motifs is 2. The molecule has 0 fully saturated rings. The average molecular weight is 320 g/mol. The van der Waals surface area contributed by atoms with Crippen LogP contribution in [0.5, 0.6) is 5.75 Å². The van der Waals surface area contributed by atoms with E-state index in [0.717, 1.165) is 22.2 Å². The standard InChI is InChI=1S/C20H20N2O2/c1-22-12-14(16-6-2-4-8-18(16)22)10-20(23)21-11-15-13-24-19-9-5-3-7-17(15)19/h2-9,12,15H,10-11,13H2,1H3,(H,21,23)/t15-/m0/s1. The molecule has 1 N–H and O–H groups in total. The molecule has 4 rings (SSSR count). The van der Waals surface area contributed by atoms with Gasteiger partial charge in [-0.1, -0.05) is 36.4 Å². The highest BCUT2D eigenvalue weighted by molar-refractivity contribution is 5.89. The highest BCUT2D eigenvalue weighted by atomic mass is 16.5. The largest absolute Gasteiger partial charge is 0.493 e. The summed E-state index contributed by atoms with van der Waals surface area (Å²) < 4.78 is 7.74. The molecule has 0 spiro atoms. The first-order valence-electron chi connectivity index (χ1n) is 8.24. The Balaban J connectivity index is 1.42. The number of nitrogens with zero attached hydrogens (tertiary/aromatic N) is 1. The van der Waals surface area contributed by atoms with E-state index >= 15 is 0 Å². The SMILES string of the molecule is Cn1cc(CC(=O)NC[C@H]2COc3ccccc32)c2ccccc21. The molecule has 0 saturated heterocycles. The fourth-order valence-electron chi connectivity index (χ4n) is 3.44. The molecule has 1 aromatic heterocycles. The number of hydrogen-bond donors (Lipinski definition) is 1. The predicted molar refractivity (Wildman–Crippen MR) is 94.3 cm³/mol. The zero-order valence-corrected chi connectivity index (χ0v) is 13.7. The highest BCUT2D eigenvalue weighted by Gasteiger charge is 2.24. The monoisotopic (exact) mass is 320 g/mol. The number of ether oxygens (including phenoxy) is 1. The number of para-hydroxylation sites is 2. The lowest BCUT2D eigenvalue weighted by Gasteiger charge is -2.10. The third-order valence-electron chi connectivity index (χ3n) is 4.67. The van der Waals surface area contributed by atoms with Crippen LogP contribution in [0.25, 0.3) is 10.9 Å². The van der Waals surface area contributed by atoms with Crippen LogP contribution in [-0.2, 0) is 18.3 Å². The number of amides is 1. The molecule has 1 amide bonds. The zero-order valence-electron chi connectivity index (χ0n) is 13.7. The molecule has 0 unspecified atom stereocenters. The molecule has 1 aliphatic rings. The van der Waals surface area contributed by atoms with Crippen LogP contribution in [0.15, 0.2) is 54.7 Å². The summed E-state index contributed by atoms with van der Waals surface area (Å²) in [6, 6.07) is 16.2. The zero-order chi connectivity index (χ0) is 16.5. The molecule has 0 aliphatic carbocycles. The predicted octanol–water partition coefficient (Wildman–Crippen LogP) is 3.01. The van der Waals surface area contributed by atoms with Gasteiger partial charge in [0.05, 0.1) is 13.0 Å². The van der Waals surface area contributed by atoms with Crippen LogP contribution in [0.4, 0.5) is 0 Å². The Kier molecular flexibility index (Phi) is 3.73. The summed E-state index contributed by atoms with van der Waals surface area (Å²) in [5, 5.41) is 4.20. The third-order valence-corrected chi connectivity index (χ3v) is 4.67. The lowest BCUT2D eigenvalue weighted by molar-refractivity contribution is -0.120. The summed E-state index contributed by atoms with van der Waals surface area (Å²) in [6.07, 6.45) is 2.44. The minimum absolute atomic E-state index is 0.0516. The second-order valence-electron chi connectivity index (χ2n) is 6.31. The van der Waals surface area contributed by atoms with E-state index in [1.807, 2.05) is 43.6 Å². The number of carbonyl (C=O) groups excluding carboxylic acids is 1. The Morgan fingerprint density at radius 1 is 1.21 bits per heavy atom. The smallest absolute Gasteiger partial charge is 0.224 e. The molecule has 1 aliphatic heterocycles. The van der Waals surface area contributed by atoms with Gasteiger partial charge in [-0.25, -0.2) is 0 Å². The topological polar surface area (TPSA) is 43.3 Å². The minimum atomic E-state index is 0.0516. The summed E-state index contributed by atoms with van der Waals surface area (Å²) in [5.74, 6) is 1.22. The van der Waals surface area contributed by atoms with Gasteiger partial charge in [0.1, 0.15) is 5.75 Å². The van der Waals surface area contributed by atoms with Crippen molar-refractivity contribution in [2.24, 2.45) is 7.05 Å². The van der Waals surface area contributed by atoms with Crippen molar-refractivity contribution in [1.29, 1.82) is 0 Å². The first-order valence-corrected chi connectivity index (χ1v) is 8.24. The van der Waals surface area contributed by atoms with Crippen molar-refractivity contribution in [3.63, 3.8) is 0 Å². The molecule has 4 nitrogen and oxygen atoms in total. The van der Waals surface area contributed by atoms with Crippen LogP contribution < -0.4 is 10.1 Å². The molecule has 24 heavy (non-hydrogen) atoms. The fourth-order valence-corrected chi connectivity index (χ4v) is 3.44. The van der Waals surface area contributed by atoms with Crippen LogP contribution in [-0.4, -0.2) is 23.6 Å². The molecule has 4 heteroatoms. The van der Waals surface area contributed by atoms with E-state index < -0.39 is 0 Å². The number of aryl methyl sites for hydroxylation is 1. The fraction of sp³-hybridized carbons (Fsp3) is 0.250. The van der Waals surface area contributed by atoms with Crippen LogP contribution in [0.3, 0.4) is 0 Å². The van der Waals surface area contributed by atoms with E-state index in [4.69, 9.17) is 4.74 Å². The molecule has 1 atom stereocenters. The lowest BCUT2D eigenvalue weighted by Crippen LogP contribution is -2.30. The van der Waals surface area contributed by atoms with E-state index in [-0.39, 0.29) is 11.8 Å². The van der Waals surface area contributed by atoms with Gasteiger partial charge in [-0.3, -0.25) is 4.79 Å². The third kappa shape index (κ3) is 2.64. The van der Waals surface area contributed by atoms with Crippen LogP contribution in [0.2, 0.25) is 0 Å². The molecule has 0 bridgehead atoms. The van der Waals surface area contributed by atoms with Gasteiger partial charge in [0.15, 0.2) is 0 Å². The second kappa shape index (κ2) is 6.04. The van der Waals surface area contributed by atoms with Crippen molar-refractivity contribution in [1.82, 2.24) is 9.88 Å². The highest BCUT2D eigenvalue weighted by Crippen LogP contribution is 2.32. The van der Waals surface area contributed by atoms with Crippen LogP contribution in [0.1, 0.15) is 17.0 Å². The Hall–Kier alpha value is -2.75. The normalized spacial score (nSPS) is 16.0. The number of rotatable bonds is 4. The molecule has 122 valence electrons. The number of nitrogens with one attached hydrogen (secondary N) is 1. The molecular formula is C20H20N2O2. The van der Waals surface area contributed by atoms with Crippen molar-refractivity contribution in [3.8, 4) is 5.75 Å². The Bertz CT molecular complexity index is 898. The quantitative estimate of drug-likeness (QED) is 0.803. The van der Waals surface area contributed by atoms with Gasteiger partial charge in [0.25, 0.3) is 0 Å². The summed E-state index contributed by atoms with van der Waals surface area (Å²) in [7, 11) is 2.01. The van der Waals surface area contributed by atoms with E-state index in [1.165, 1.54) is 5.56 Å². The van der Waals surface area contributed by atoms with Crippen LogP contribution in [0, 0.1) is 0 Å². The van der Waals surface area contributed by atoms with Gasteiger partial charge >= 0.3 is 0 Å². The number of hydrogen-bond acceptors (Lipinski definition) is 2. The Labute approximate surface area is 141 Å². The lowest BCUT2D eigenvalue weighted by atomic mass is 10.0. The first-order chi connectivity index (χ1) is 11.7. The van der Waals surface area contributed by atoms with Gasteiger partial charge in [0, 0.05) is 42.2 Å². The summed E-state index contributed by atoms with van der Waals surface area (Å²) in [4.78, 5) is 12.4. The van der Waals surface area contributed by atoms with E-state index in [1.54, 1.807) is 0 Å². The molecule has 0 saturated carbocycles. The summed E-state index contributed by atoms with van der Waals surface area (Å²) >= 11 is 0. The number of aromatic nitrogens is 1. The van der Waals surface area contributed by atoms with Crippen molar-refractivity contribution < 1.29 is 9.53 Å².